The molecule has 5 nitrogen and oxygen atoms in total. The van der Waals surface area contributed by atoms with Crippen LogP contribution in [0.2, 0.25) is 0 Å². The molecule has 2 fully saturated rings. The maximum atomic E-state index is 4.70. The van der Waals surface area contributed by atoms with Gasteiger partial charge in [0, 0.05) is 41.1 Å². The Morgan fingerprint density at radius 3 is 2.58 bits per heavy atom. The van der Waals surface area contributed by atoms with Crippen LogP contribution in [-0.4, -0.2) is 44.2 Å². The number of nitrogens with one attached hydrogen (secondary N) is 2. The van der Waals surface area contributed by atoms with Crippen LogP contribution in [-0.2, 0) is 0 Å². The molecular formula is C21H27N5. The smallest absolute Gasteiger partial charge is 0.137 e. The maximum Gasteiger partial charge on any atom is 0.137 e. The highest BCUT2D eigenvalue weighted by molar-refractivity contribution is 5.93. The van der Waals surface area contributed by atoms with Crippen molar-refractivity contribution >= 4 is 11.0 Å². The Bertz CT molecular complexity index is 852. The highest BCUT2D eigenvalue weighted by Crippen LogP contribution is 2.37. The SMILES string of the molecule is c1n[nH]cc1-c1c[nH]c2ncc(C3CCC(N4CCCCC4)CC3)cc12. The Kier molecular flexibility index (Phi) is 4.25. The van der Waals surface area contributed by atoms with E-state index in [9.17, 15) is 0 Å². The first-order valence-electron chi connectivity index (χ1n) is 10.1. The Hall–Kier alpha value is -2.14. The summed E-state index contributed by atoms with van der Waals surface area (Å²) in [5, 5.41) is 8.20. The molecule has 26 heavy (non-hydrogen) atoms. The molecule has 1 saturated carbocycles. The summed E-state index contributed by atoms with van der Waals surface area (Å²) in [6.07, 6.45) is 17.4. The Morgan fingerprint density at radius 2 is 1.81 bits per heavy atom. The third kappa shape index (κ3) is 2.94. The van der Waals surface area contributed by atoms with Crippen molar-refractivity contribution in [2.45, 2.75) is 56.9 Å². The van der Waals surface area contributed by atoms with Crippen LogP contribution in [0.15, 0.2) is 30.9 Å². The molecule has 0 bridgehead atoms. The summed E-state index contributed by atoms with van der Waals surface area (Å²) in [5.41, 5.74) is 4.67. The molecule has 5 rings (SSSR count). The van der Waals surface area contributed by atoms with E-state index in [1.807, 2.05) is 18.6 Å². The molecule has 0 radical (unpaired) electrons. The van der Waals surface area contributed by atoms with Crippen LogP contribution in [0.4, 0.5) is 0 Å². The Balaban J connectivity index is 1.34. The summed E-state index contributed by atoms with van der Waals surface area (Å²) >= 11 is 0. The normalized spacial score (nSPS) is 24.9. The first kappa shape index (κ1) is 16.1. The molecule has 0 atom stereocenters. The molecule has 5 heteroatoms. The summed E-state index contributed by atoms with van der Waals surface area (Å²) in [6, 6.07) is 3.17. The van der Waals surface area contributed by atoms with Gasteiger partial charge in [0.15, 0.2) is 0 Å². The van der Waals surface area contributed by atoms with Gasteiger partial charge in [-0.3, -0.25) is 5.10 Å². The molecule has 2 N–H and O–H groups in total. The van der Waals surface area contributed by atoms with Crippen molar-refractivity contribution in [3.8, 4) is 11.1 Å². The molecule has 1 saturated heterocycles. The summed E-state index contributed by atoms with van der Waals surface area (Å²) < 4.78 is 0. The van der Waals surface area contributed by atoms with Gasteiger partial charge in [0.25, 0.3) is 0 Å². The Labute approximate surface area is 154 Å². The quantitative estimate of drug-likeness (QED) is 0.733. The number of hydrogen-bond donors (Lipinski definition) is 2. The molecule has 0 amide bonds. The number of nitrogens with zero attached hydrogens (tertiary/aromatic N) is 3. The Morgan fingerprint density at radius 1 is 0.962 bits per heavy atom. The minimum atomic E-state index is 0.653. The topological polar surface area (TPSA) is 60.6 Å². The highest BCUT2D eigenvalue weighted by atomic mass is 15.2. The van der Waals surface area contributed by atoms with Gasteiger partial charge in [-0.1, -0.05) is 6.42 Å². The number of H-pyrrole nitrogens is 2. The van der Waals surface area contributed by atoms with Gasteiger partial charge in [-0.05, 0) is 69.2 Å². The van der Waals surface area contributed by atoms with Crippen molar-refractivity contribution in [2.75, 3.05) is 13.1 Å². The van der Waals surface area contributed by atoms with E-state index < -0.39 is 0 Å². The largest absolute Gasteiger partial charge is 0.346 e. The number of fused-ring (bicyclic) bond motifs is 1. The lowest BCUT2D eigenvalue weighted by Crippen LogP contribution is -2.41. The van der Waals surface area contributed by atoms with Crippen LogP contribution >= 0.6 is 0 Å². The zero-order chi connectivity index (χ0) is 17.3. The van der Waals surface area contributed by atoms with E-state index in [0.717, 1.165) is 17.3 Å². The third-order valence-electron chi connectivity index (χ3n) is 6.44. The monoisotopic (exact) mass is 349 g/mol. The number of likely N-dealkylation sites (tertiary alicyclic amines) is 1. The second kappa shape index (κ2) is 6.88. The minimum Gasteiger partial charge on any atom is -0.346 e. The number of pyridine rings is 1. The molecule has 0 spiro atoms. The fraction of sp³-hybridized carbons (Fsp3) is 0.524. The summed E-state index contributed by atoms with van der Waals surface area (Å²) in [5.74, 6) is 0.653. The number of rotatable bonds is 3. The van der Waals surface area contributed by atoms with Gasteiger partial charge in [0.1, 0.15) is 5.65 Å². The summed E-state index contributed by atoms with van der Waals surface area (Å²) in [6.45, 7) is 2.64. The standard InChI is InChI=1S/C21H27N5/c1-2-8-26(9-3-1)18-6-4-15(5-7-18)16-10-19-20(17-12-24-25-13-17)14-23-21(19)22-11-16/h10-15,18H,1-9H2,(H,22,23)(H,24,25). The average molecular weight is 349 g/mol. The van der Waals surface area contributed by atoms with E-state index in [1.165, 1.54) is 74.5 Å². The van der Waals surface area contributed by atoms with Gasteiger partial charge < -0.3 is 9.88 Å². The van der Waals surface area contributed by atoms with Crippen molar-refractivity contribution in [1.29, 1.82) is 0 Å². The van der Waals surface area contributed by atoms with Gasteiger partial charge in [-0.25, -0.2) is 4.98 Å². The van der Waals surface area contributed by atoms with Crippen molar-refractivity contribution in [3.05, 3.63) is 36.4 Å². The maximum absolute atomic E-state index is 4.70. The summed E-state index contributed by atoms with van der Waals surface area (Å²) in [7, 11) is 0. The van der Waals surface area contributed by atoms with Gasteiger partial charge in [-0.15, -0.1) is 0 Å². The molecule has 136 valence electrons. The van der Waals surface area contributed by atoms with Crippen molar-refractivity contribution in [1.82, 2.24) is 25.1 Å². The van der Waals surface area contributed by atoms with E-state index in [2.05, 4.69) is 32.3 Å². The second-order valence-electron chi connectivity index (χ2n) is 7.96. The van der Waals surface area contributed by atoms with Gasteiger partial charge >= 0.3 is 0 Å². The second-order valence-corrected chi connectivity index (χ2v) is 7.96. The van der Waals surface area contributed by atoms with Crippen molar-refractivity contribution in [3.63, 3.8) is 0 Å². The van der Waals surface area contributed by atoms with Crippen LogP contribution in [0.25, 0.3) is 22.2 Å². The number of aromatic nitrogens is 4. The zero-order valence-electron chi connectivity index (χ0n) is 15.2. The first-order valence-corrected chi connectivity index (χ1v) is 10.1. The predicted molar refractivity (Wildman–Crippen MR) is 104 cm³/mol. The van der Waals surface area contributed by atoms with Crippen LogP contribution in [0.1, 0.15) is 56.4 Å². The molecule has 0 unspecified atom stereocenters. The fourth-order valence-electron chi connectivity index (χ4n) is 4.94. The van der Waals surface area contributed by atoms with E-state index in [1.54, 1.807) is 0 Å². The van der Waals surface area contributed by atoms with E-state index in [4.69, 9.17) is 4.98 Å². The van der Waals surface area contributed by atoms with Gasteiger partial charge in [0.05, 0.1) is 6.20 Å². The minimum absolute atomic E-state index is 0.653. The number of piperidine rings is 1. The van der Waals surface area contributed by atoms with Gasteiger partial charge in [0.2, 0.25) is 0 Å². The molecule has 3 aromatic heterocycles. The van der Waals surface area contributed by atoms with Crippen LogP contribution in [0, 0.1) is 0 Å². The lowest BCUT2D eigenvalue weighted by Gasteiger charge is -2.39. The molecule has 1 aliphatic carbocycles. The predicted octanol–water partition coefficient (Wildman–Crippen LogP) is 4.47. The third-order valence-corrected chi connectivity index (χ3v) is 6.44. The van der Waals surface area contributed by atoms with E-state index in [-0.39, 0.29) is 0 Å². The zero-order valence-corrected chi connectivity index (χ0v) is 15.2. The molecule has 4 heterocycles. The first-order chi connectivity index (χ1) is 12.9. The molecule has 1 aliphatic heterocycles. The van der Waals surface area contributed by atoms with Gasteiger partial charge in [-0.2, -0.15) is 5.10 Å². The van der Waals surface area contributed by atoms with E-state index in [0.29, 0.717) is 5.92 Å². The molecule has 0 aromatic carbocycles. The average Bonchev–Trinajstić information content (AvgIpc) is 3.38. The van der Waals surface area contributed by atoms with Crippen LogP contribution in [0.3, 0.4) is 0 Å². The number of hydrogen-bond acceptors (Lipinski definition) is 3. The molecule has 2 aliphatic rings. The molecule has 3 aromatic rings. The van der Waals surface area contributed by atoms with E-state index >= 15 is 0 Å². The molecular weight excluding hydrogens is 322 g/mol. The lowest BCUT2D eigenvalue weighted by atomic mass is 9.81. The lowest BCUT2D eigenvalue weighted by molar-refractivity contribution is 0.125. The van der Waals surface area contributed by atoms with Crippen LogP contribution < -0.4 is 0 Å². The summed E-state index contributed by atoms with van der Waals surface area (Å²) in [4.78, 5) is 10.8. The van der Waals surface area contributed by atoms with Crippen molar-refractivity contribution in [2.24, 2.45) is 0 Å². The number of aromatic amines is 2. The fourth-order valence-corrected chi connectivity index (χ4v) is 4.94. The van der Waals surface area contributed by atoms with Crippen molar-refractivity contribution < 1.29 is 0 Å². The van der Waals surface area contributed by atoms with Crippen LogP contribution in [0.5, 0.6) is 0 Å². The highest BCUT2D eigenvalue weighted by Gasteiger charge is 2.27.